The first kappa shape index (κ1) is 13.4. The van der Waals surface area contributed by atoms with Gasteiger partial charge in [-0.1, -0.05) is 17.7 Å². The molecule has 0 aliphatic heterocycles. The zero-order valence-corrected chi connectivity index (χ0v) is 9.28. The van der Waals surface area contributed by atoms with E-state index in [0.717, 1.165) is 5.57 Å². The number of methoxy groups -OCH3 is 1. The molecule has 15 heavy (non-hydrogen) atoms. The maximum atomic E-state index is 11.0. The largest absolute Gasteiger partial charge is 0.469 e. The molecule has 0 aliphatic rings. The highest BCUT2D eigenvalue weighted by molar-refractivity contribution is 5.91. The van der Waals surface area contributed by atoms with Gasteiger partial charge in [-0.3, -0.25) is 9.59 Å². The number of allylic oxidation sites excluding steroid dienone is 3. The SMILES string of the molecule is C/C=C(C)/C=C/COC(=O)CC(=O)OC. The van der Waals surface area contributed by atoms with E-state index < -0.39 is 11.9 Å². The molecule has 4 nitrogen and oxygen atoms in total. The molecular formula is C11H16O4. The highest BCUT2D eigenvalue weighted by Crippen LogP contribution is 1.94. The highest BCUT2D eigenvalue weighted by atomic mass is 16.5. The maximum absolute atomic E-state index is 11.0. The van der Waals surface area contributed by atoms with Crippen LogP contribution in [-0.4, -0.2) is 25.7 Å². The highest BCUT2D eigenvalue weighted by Gasteiger charge is 2.09. The summed E-state index contributed by atoms with van der Waals surface area (Å²) >= 11 is 0. The zero-order valence-electron chi connectivity index (χ0n) is 9.28. The van der Waals surface area contributed by atoms with Crippen molar-refractivity contribution < 1.29 is 19.1 Å². The third kappa shape index (κ3) is 7.49. The van der Waals surface area contributed by atoms with Gasteiger partial charge in [0.2, 0.25) is 0 Å². The first-order valence-electron chi connectivity index (χ1n) is 4.62. The normalized spacial score (nSPS) is 11.5. The molecule has 0 aromatic carbocycles. The second-order valence-corrected chi connectivity index (χ2v) is 2.87. The van der Waals surface area contributed by atoms with Crippen molar-refractivity contribution in [2.45, 2.75) is 20.3 Å². The zero-order chi connectivity index (χ0) is 11.7. The Labute approximate surface area is 89.6 Å². The Balaban J connectivity index is 3.73. The minimum absolute atomic E-state index is 0.168. The Morgan fingerprint density at radius 2 is 1.93 bits per heavy atom. The maximum Gasteiger partial charge on any atom is 0.317 e. The van der Waals surface area contributed by atoms with Crippen molar-refractivity contribution in [3.63, 3.8) is 0 Å². The summed E-state index contributed by atoms with van der Waals surface area (Å²) in [5.74, 6) is -1.17. The smallest absolute Gasteiger partial charge is 0.317 e. The predicted octanol–water partition coefficient (Wildman–Crippen LogP) is 1.62. The van der Waals surface area contributed by atoms with Gasteiger partial charge in [0.25, 0.3) is 0 Å². The molecule has 0 saturated heterocycles. The Morgan fingerprint density at radius 3 is 2.47 bits per heavy atom. The van der Waals surface area contributed by atoms with Gasteiger partial charge in [0, 0.05) is 0 Å². The molecule has 0 saturated carbocycles. The molecular weight excluding hydrogens is 196 g/mol. The van der Waals surface area contributed by atoms with Gasteiger partial charge in [0.05, 0.1) is 7.11 Å². The van der Waals surface area contributed by atoms with Gasteiger partial charge in [0.15, 0.2) is 0 Å². The Kier molecular flexibility index (Phi) is 6.97. The van der Waals surface area contributed by atoms with Crippen molar-refractivity contribution >= 4 is 11.9 Å². The van der Waals surface area contributed by atoms with Crippen molar-refractivity contribution in [3.8, 4) is 0 Å². The second-order valence-electron chi connectivity index (χ2n) is 2.87. The van der Waals surface area contributed by atoms with Crippen LogP contribution in [0.2, 0.25) is 0 Å². The van der Waals surface area contributed by atoms with Gasteiger partial charge >= 0.3 is 11.9 Å². The summed E-state index contributed by atoms with van der Waals surface area (Å²) in [4.78, 5) is 21.6. The lowest BCUT2D eigenvalue weighted by Crippen LogP contribution is -2.12. The van der Waals surface area contributed by atoms with Crippen molar-refractivity contribution in [3.05, 3.63) is 23.8 Å². The molecule has 0 spiro atoms. The number of ether oxygens (including phenoxy) is 2. The average Bonchev–Trinajstić information content (AvgIpc) is 2.23. The van der Waals surface area contributed by atoms with E-state index in [9.17, 15) is 9.59 Å². The molecule has 0 unspecified atom stereocenters. The van der Waals surface area contributed by atoms with Crippen LogP contribution in [0.15, 0.2) is 23.8 Å². The number of carbonyl (C=O) groups excluding carboxylic acids is 2. The van der Waals surface area contributed by atoms with E-state index in [2.05, 4.69) is 4.74 Å². The summed E-state index contributed by atoms with van der Waals surface area (Å²) in [6, 6.07) is 0. The lowest BCUT2D eigenvalue weighted by molar-refractivity contribution is -0.152. The number of hydrogen-bond acceptors (Lipinski definition) is 4. The number of esters is 2. The van der Waals surface area contributed by atoms with Crippen LogP contribution < -0.4 is 0 Å². The van der Waals surface area contributed by atoms with E-state index in [1.165, 1.54) is 7.11 Å². The van der Waals surface area contributed by atoms with Crippen LogP contribution in [0.3, 0.4) is 0 Å². The third-order valence-corrected chi connectivity index (χ3v) is 1.69. The van der Waals surface area contributed by atoms with Crippen LogP contribution in [-0.2, 0) is 19.1 Å². The quantitative estimate of drug-likeness (QED) is 0.394. The predicted molar refractivity (Wildman–Crippen MR) is 56.2 cm³/mol. The van der Waals surface area contributed by atoms with Crippen LogP contribution in [0.5, 0.6) is 0 Å². The molecule has 0 aliphatic carbocycles. The van der Waals surface area contributed by atoms with Gasteiger partial charge in [-0.15, -0.1) is 0 Å². The number of hydrogen-bond donors (Lipinski definition) is 0. The van der Waals surface area contributed by atoms with Crippen molar-refractivity contribution in [1.29, 1.82) is 0 Å². The lowest BCUT2D eigenvalue weighted by Gasteiger charge is -2.00. The molecule has 4 heteroatoms. The molecule has 0 heterocycles. The minimum atomic E-state index is -0.589. The van der Waals surface area contributed by atoms with Crippen LogP contribution in [0, 0.1) is 0 Å². The van der Waals surface area contributed by atoms with Crippen LogP contribution in [0.4, 0.5) is 0 Å². The van der Waals surface area contributed by atoms with Crippen molar-refractivity contribution in [2.24, 2.45) is 0 Å². The third-order valence-electron chi connectivity index (χ3n) is 1.69. The first-order valence-corrected chi connectivity index (χ1v) is 4.62. The molecule has 0 rings (SSSR count). The summed E-state index contributed by atoms with van der Waals surface area (Å²) in [5.41, 5.74) is 1.08. The topological polar surface area (TPSA) is 52.6 Å². The fraction of sp³-hybridized carbons (Fsp3) is 0.455. The first-order chi connectivity index (χ1) is 7.10. The van der Waals surface area contributed by atoms with E-state index in [-0.39, 0.29) is 13.0 Å². The molecule has 0 N–H and O–H groups in total. The van der Waals surface area contributed by atoms with Crippen LogP contribution in [0.25, 0.3) is 0 Å². The monoisotopic (exact) mass is 212 g/mol. The van der Waals surface area contributed by atoms with Gasteiger partial charge < -0.3 is 9.47 Å². The molecule has 0 bridgehead atoms. The van der Waals surface area contributed by atoms with E-state index in [1.54, 1.807) is 6.08 Å². The number of rotatable bonds is 5. The minimum Gasteiger partial charge on any atom is -0.469 e. The molecule has 0 amide bonds. The number of carbonyl (C=O) groups is 2. The van der Waals surface area contributed by atoms with Crippen molar-refractivity contribution in [1.82, 2.24) is 0 Å². The Morgan fingerprint density at radius 1 is 1.27 bits per heavy atom. The molecule has 0 radical (unpaired) electrons. The summed E-state index contributed by atoms with van der Waals surface area (Å²) < 4.78 is 9.07. The van der Waals surface area contributed by atoms with Gasteiger partial charge in [-0.25, -0.2) is 0 Å². The van der Waals surface area contributed by atoms with Crippen LogP contribution in [0.1, 0.15) is 20.3 Å². The van der Waals surface area contributed by atoms with E-state index >= 15 is 0 Å². The van der Waals surface area contributed by atoms with Crippen LogP contribution >= 0.6 is 0 Å². The average molecular weight is 212 g/mol. The lowest BCUT2D eigenvalue weighted by atomic mass is 10.3. The van der Waals surface area contributed by atoms with Gasteiger partial charge in [0.1, 0.15) is 13.0 Å². The summed E-state index contributed by atoms with van der Waals surface area (Å²) in [5, 5.41) is 0. The summed E-state index contributed by atoms with van der Waals surface area (Å²) in [6.07, 6.45) is 5.15. The molecule has 84 valence electrons. The molecule has 0 fully saturated rings. The van der Waals surface area contributed by atoms with E-state index in [4.69, 9.17) is 4.74 Å². The molecule has 0 atom stereocenters. The molecule has 0 aromatic rings. The molecule has 0 aromatic heterocycles. The fourth-order valence-electron chi connectivity index (χ4n) is 0.712. The summed E-state index contributed by atoms with van der Waals surface area (Å²) in [7, 11) is 1.23. The fourth-order valence-corrected chi connectivity index (χ4v) is 0.712. The Hall–Kier alpha value is -1.58. The van der Waals surface area contributed by atoms with E-state index in [0.29, 0.717) is 0 Å². The van der Waals surface area contributed by atoms with Gasteiger partial charge in [-0.05, 0) is 19.9 Å². The standard InChI is InChI=1S/C11H16O4/c1-4-9(2)6-5-7-15-11(13)8-10(12)14-3/h4-6H,7-8H2,1-3H3/b6-5+,9-4+. The summed E-state index contributed by atoms with van der Waals surface area (Å²) in [6.45, 7) is 4.02. The Bertz CT molecular complexity index is 276. The van der Waals surface area contributed by atoms with E-state index in [1.807, 2.05) is 26.0 Å². The van der Waals surface area contributed by atoms with Crippen molar-refractivity contribution in [2.75, 3.05) is 13.7 Å². The van der Waals surface area contributed by atoms with Gasteiger partial charge in [-0.2, -0.15) is 0 Å². The second kappa shape index (κ2) is 7.79.